The summed E-state index contributed by atoms with van der Waals surface area (Å²) in [6.45, 7) is 15.8. The van der Waals surface area contributed by atoms with Crippen LogP contribution in [0.1, 0.15) is 271 Å². The van der Waals surface area contributed by atoms with Gasteiger partial charge >= 0.3 is 34.1 Å². The first-order chi connectivity index (χ1) is 66.3. The number of nitrogens with one attached hydrogen (secondary N) is 12. The van der Waals surface area contributed by atoms with Crippen LogP contribution in [0.15, 0.2) is 197 Å². The summed E-state index contributed by atoms with van der Waals surface area (Å²) in [7, 11) is 0. The van der Waals surface area contributed by atoms with Crippen molar-refractivity contribution >= 4 is 34.9 Å². The summed E-state index contributed by atoms with van der Waals surface area (Å²) >= 11 is 0. The van der Waals surface area contributed by atoms with Crippen LogP contribution in [0.4, 0.5) is 56.9 Å². The lowest BCUT2D eigenvalue weighted by atomic mass is 9.93. The van der Waals surface area contributed by atoms with Crippen molar-refractivity contribution in [3.63, 3.8) is 0 Å². The average Bonchev–Trinajstić information content (AvgIpc) is 1.63. The lowest BCUT2D eigenvalue weighted by Crippen LogP contribution is -2.44. The molecule has 6 aliphatic carbocycles. The van der Waals surface area contributed by atoms with E-state index in [0.717, 1.165) is 114 Å². The van der Waals surface area contributed by atoms with Crippen molar-refractivity contribution in [2.45, 2.75) is 279 Å². The largest absolute Gasteiger partial charge is 0.364 e. The van der Waals surface area contributed by atoms with Crippen LogP contribution >= 0.6 is 0 Å². The third kappa shape index (κ3) is 18.4. The van der Waals surface area contributed by atoms with Crippen molar-refractivity contribution in [1.82, 2.24) is 57.3 Å². The molecule has 30 nitrogen and oxygen atoms in total. The zero-order valence-corrected chi connectivity index (χ0v) is 78.7. The average molecular weight is 1900 g/mol. The van der Waals surface area contributed by atoms with Crippen LogP contribution in [0.5, 0.6) is 0 Å². The first-order valence-corrected chi connectivity index (χ1v) is 48.1. The van der Waals surface area contributed by atoms with Gasteiger partial charge in [0.25, 0.3) is 33.4 Å². The topological polar surface area (TPSA) is 401 Å². The van der Waals surface area contributed by atoms with Gasteiger partial charge in [-0.1, -0.05) is 103 Å². The summed E-state index contributed by atoms with van der Waals surface area (Å²) in [5.74, 6) is 0.942. The van der Waals surface area contributed by atoms with Crippen molar-refractivity contribution in [1.29, 1.82) is 0 Å². The number of aryl methyl sites for hydroxylation is 2. The Bertz CT molecular complexity index is 7240. The summed E-state index contributed by atoms with van der Waals surface area (Å²) in [5, 5.41) is 19.1. The number of benzene rings is 6. The van der Waals surface area contributed by atoms with E-state index in [9.17, 15) is 79.5 Å². The van der Waals surface area contributed by atoms with Crippen LogP contribution < -0.4 is 99.4 Å². The molecule has 139 heavy (non-hydrogen) atoms. The Labute approximate surface area is 792 Å². The Morgan fingerprint density at radius 1 is 0.252 bits per heavy atom. The van der Waals surface area contributed by atoms with Gasteiger partial charge in [-0.25, -0.2) is 50.7 Å². The smallest absolute Gasteiger partial charge is 0.330 e. The number of hydrogen-bond donors (Lipinski definition) is 12. The molecule has 6 aromatic heterocycles. The van der Waals surface area contributed by atoms with Crippen LogP contribution in [0.2, 0.25) is 0 Å². The molecular weight excluding hydrogens is 1790 g/mol. The predicted molar refractivity (Wildman–Crippen MR) is 521 cm³/mol. The van der Waals surface area contributed by atoms with Gasteiger partial charge in [-0.2, -0.15) is 0 Å². The van der Waals surface area contributed by atoms with Crippen molar-refractivity contribution in [2.24, 2.45) is 0 Å². The zero-order valence-electron chi connectivity index (χ0n) is 78.7. The molecule has 0 amide bonds. The molecule has 0 spiro atoms. The maximum absolute atomic E-state index is 14.0. The predicted octanol–water partition coefficient (Wildman–Crippen LogP) is 14.2. The molecule has 0 saturated heterocycles. The highest BCUT2D eigenvalue weighted by atomic mass is 19.1. The molecule has 6 aliphatic heterocycles. The Balaban J connectivity index is 0.000000106. The third-order valence-electron chi connectivity index (χ3n) is 30.4. The standard InChI is InChI=1S/2C18H21N3O2.C17H17F2N3O2.3C17H18FN3O2/c1-11-4-3-5-12(10-11)14-7-6-13-15(19-14)20-17(23)21(16(13)22)18(2)8-9-18;1-11-5-3-4-6-12(11)14-8-7-13-15(19-14)20-17(23)21(16(13)22)18(2)9-10-18;1-17(6-7-17)22-15(23)10-3-5-13(20-14(10)21-16(22)24)11-8-9(18)2-4-12(11)19;1-17(7-8-17)21-15(22)12-5-6-13(19-14(12)20-16(21)23)10-3-2-4-11(18)9-10;2*1-17(8-9-17)21-15(22)11-6-7-13(19-14(11)20-16(21)23)10-4-2-3-5-12(10)18/h3-5,10,14,19H,6-9H2,1-2H3,(H,20,23);3-6,14,19H,7-10H2,1-2H3,(H,20,23);2,4,8,13,20H,3,5-7H2,1H3,(H,21,24);2-4,9,13,19H,5-8H2,1H3,(H,20,23);2*2-5,13,19H,6-9H2,1H3,(H,20,23)/t2*14-;4*13-/m111110/s1. The number of H-pyrrole nitrogens is 6. The van der Waals surface area contributed by atoms with Gasteiger partial charge in [0.2, 0.25) is 0 Å². The molecule has 6 aromatic carbocycles. The first kappa shape index (κ1) is 93.8. The van der Waals surface area contributed by atoms with Gasteiger partial charge in [-0.15, -0.1) is 0 Å². The number of anilines is 6. The van der Waals surface area contributed by atoms with E-state index >= 15 is 0 Å². The van der Waals surface area contributed by atoms with Gasteiger partial charge < -0.3 is 31.9 Å². The number of fused-ring (bicyclic) bond motifs is 6. The number of rotatable bonds is 12. The van der Waals surface area contributed by atoms with Crippen LogP contribution in [0, 0.1) is 42.9 Å². The Morgan fingerprint density at radius 2 is 0.496 bits per heavy atom. The van der Waals surface area contributed by atoms with Crippen molar-refractivity contribution < 1.29 is 22.0 Å². The third-order valence-corrected chi connectivity index (χ3v) is 30.4. The maximum Gasteiger partial charge on any atom is 0.330 e. The molecule has 12 aromatic rings. The van der Waals surface area contributed by atoms with E-state index in [2.05, 4.69) is 106 Å². The van der Waals surface area contributed by atoms with Crippen molar-refractivity contribution in [3.05, 3.63) is 372 Å². The molecule has 0 unspecified atom stereocenters. The SMILES string of the molecule is CC1(n2c(=O)[nH]c3c(c2=O)CC[C@@H](c2ccccc2F)N3)CC1.CC1(n2c(=O)[nH]c3c(c2=O)CC[C@H](c2cc(F)ccc2F)N3)CC1.CC1(n2c(=O)[nH]c3c(c2=O)CC[C@H](c2cccc(F)c2)N3)CC1.CC1(n2c(=O)[nH]c3c(c2=O)CC[C@H](c2ccccc2F)N3)CC1.Cc1cccc([C@H]2CCc3c([nH]c(=O)n(C4(C)CC4)c3=O)N2)c1.Cc1ccccc1[C@H]1CCc2c([nH]c(=O)n(C3(C)CC3)c2=O)N1. The van der Waals surface area contributed by atoms with Crippen LogP contribution in [-0.4, -0.2) is 57.3 Å². The number of hydrogen-bond acceptors (Lipinski definition) is 18. The Hall–Kier alpha value is -14.2. The number of halogens is 5. The van der Waals surface area contributed by atoms with Crippen LogP contribution in [-0.2, 0) is 71.8 Å². The van der Waals surface area contributed by atoms with E-state index in [1.807, 2.05) is 65.8 Å². The zero-order chi connectivity index (χ0) is 98.0. The van der Waals surface area contributed by atoms with Gasteiger partial charge in [0.15, 0.2) is 0 Å². The van der Waals surface area contributed by atoms with E-state index < -0.39 is 40.3 Å². The Morgan fingerprint density at radius 3 is 0.784 bits per heavy atom. The quantitative estimate of drug-likeness (QED) is 0.0506. The minimum Gasteiger partial charge on any atom is -0.364 e. The number of aromatic nitrogens is 12. The summed E-state index contributed by atoms with van der Waals surface area (Å²) in [5.41, 5.74) is 5.26. The lowest BCUT2D eigenvalue weighted by molar-refractivity contribution is 0.475. The van der Waals surface area contributed by atoms with E-state index in [1.165, 1.54) is 73.9 Å². The van der Waals surface area contributed by atoms with E-state index in [0.29, 0.717) is 144 Å². The summed E-state index contributed by atoms with van der Waals surface area (Å²) in [6.07, 6.45) is 17.8. The highest BCUT2D eigenvalue weighted by molar-refractivity contribution is 5.55. The highest BCUT2D eigenvalue weighted by Crippen LogP contribution is 2.47. The van der Waals surface area contributed by atoms with Gasteiger partial charge in [0.1, 0.15) is 64.0 Å². The monoisotopic (exact) mass is 1900 g/mol. The van der Waals surface area contributed by atoms with E-state index in [4.69, 9.17) is 0 Å². The molecule has 6 atom stereocenters. The maximum atomic E-state index is 14.0. The van der Waals surface area contributed by atoms with Crippen molar-refractivity contribution in [2.75, 3.05) is 31.9 Å². The van der Waals surface area contributed by atoms with E-state index in [1.54, 1.807) is 42.5 Å². The first-order valence-electron chi connectivity index (χ1n) is 48.1. The highest BCUT2D eigenvalue weighted by Gasteiger charge is 2.49. The minimum absolute atomic E-state index is 0.111. The van der Waals surface area contributed by atoms with Crippen LogP contribution in [0.3, 0.4) is 0 Å². The van der Waals surface area contributed by atoms with Gasteiger partial charge in [0, 0.05) is 16.7 Å². The fraction of sp³-hybridized carbons (Fsp3) is 0.423. The number of aromatic amines is 6. The lowest BCUT2D eigenvalue weighted by Gasteiger charge is -2.28. The molecule has 12 aliphatic rings. The van der Waals surface area contributed by atoms with Gasteiger partial charge in [0.05, 0.1) is 103 Å². The van der Waals surface area contributed by atoms with Crippen molar-refractivity contribution in [3.8, 4) is 0 Å². The fourth-order valence-electron chi connectivity index (χ4n) is 20.5. The van der Waals surface area contributed by atoms with E-state index in [-0.39, 0.29) is 131 Å². The molecule has 726 valence electrons. The second-order valence-electron chi connectivity index (χ2n) is 41.0. The molecule has 0 bridgehead atoms. The normalized spacial score (nSPS) is 21.3. The Kier molecular flexibility index (Phi) is 24.3. The van der Waals surface area contributed by atoms with Gasteiger partial charge in [-0.05, 0) is 274 Å². The van der Waals surface area contributed by atoms with Crippen LogP contribution in [0.25, 0.3) is 0 Å². The summed E-state index contributed by atoms with van der Waals surface area (Å²) in [4.78, 5) is 167. The second-order valence-corrected chi connectivity index (χ2v) is 41.0. The molecule has 6 fully saturated rings. The molecule has 24 rings (SSSR count). The molecule has 12 N–H and O–H groups in total. The minimum atomic E-state index is -0.524. The molecule has 12 heterocycles. The van der Waals surface area contributed by atoms with Gasteiger partial charge in [-0.3, -0.25) is 86.1 Å². The summed E-state index contributed by atoms with van der Waals surface area (Å²) < 4.78 is 76.9. The molecule has 6 saturated carbocycles. The summed E-state index contributed by atoms with van der Waals surface area (Å²) in [6, 6.07) is 38.5. The second kappa shape index (κ2) is 36.0. The number of nitrogens with zero attached hydrogens (tertiary/aromatic N) is 6. The molecular formula is C104H113F5N18O12. The fourth-order valence-corrected chi connectivity index (χ4v) is 20.5. The molecule has 0 radical (unpaired) electrons. The molecule has 35 heteroatoms.